The number of aryl methyl sites for hydroxylation is 2. The fourth-order valence-electron chi connectivity index (χ4n) is 4.75. The first-order valence-corrected chi connectivity index (χ1v) is 12.6. The van der Waals surface area contributed by atoms with Crippen LogP contribution in [0.4, 0.5) is 5.82 Å². The van der Waals surface area contributed by atoms with Crippen LogP contribution < -0.4 is 14.4 Å². The van der Waals surface area contributed by atoms with Gasteiger partial charge in [-0.1, -0.05) is 25.1 Å². The molecule has 192 valence electrons. The van der Waals surface area contributed by atoms with Crippen LogP contribution in [0.15, 0.2) is 48.5 Å². The predicted octanol–water partition coefficient (Wildman–Crippen LogP) is 4.06. The number of hydrogen-bond acceptors (Lipinski definition) is 7. The molecule has 1 amide bonds. The molecule has 1 fully saturated rings. The number of carbonyl (C=O) groups excluding carboxylic acids is 1. The van der Waals surface area contributed by atoms with Crippen molar-refractivity contribution in [3.63, 3.8) is 0 Å². The van der Waals surface area contributed by atoms with E-state index in [4.69, 9.17) is 24.5 Å². The minimum Gasteiger partial charge on any atom is -0.497 e. The highest BCUT2D eigenvalue weighted by Crippen LogP contribution is 2.30. The van der Waals surface area contributed by atoms with Crippen LogP contribution in [-0.4, -0.2) is 71.0 Å². The summed E-state index contributed by atoms with van der Waals surface area (Å²) in [5, 5.41) is 5.79. The second-order valence-corrected chi connectivity index (χ2v) is 9.13. The molecule has 1 aliphatic heterocycles. The lowest BCUT2D eigenvalue weighted by molar-refractivity contribution is 0.0746. The summed E-state index contributed by atoms with van der Waals surface area (Å²) in [4.78, 5) is 27.3. The highest BCUT2D eigenvalue weighted by molar-refractivity contribution is 5.95. The molecule has 4 aromatic rings. The van der Waals surface area contributed by atoms with Gasteiger partial charge >= 0.3 is 0 Å². The van der Waals surface area contributed by atoms with Gasteiger partial charge in [-0.05, 0) is 37.6 Å². The molecule has 0 aliphatic carbocycles. The largest absolute Gasteiger partial charge is 0.497 e. The van der Waals surface area contributed by atoms with Gasteiger partial charge in [0.25, 0.3) is 5.91 Å². The minimum absolute atomic E-state index is 0.0376. The number of amides is 1. The highest BCUT2D eigenvalue weighted by Gasteiger charge is 2.27. The fourth-order valence-corrected chi connectivity index (χ4v) is 4.75. The number of rotatable bonds is 7. The molecular formula is C28H32N6O3. The molecule has 9 heteroatoms. The molecule has 2 aromatic carbocycles. The van der Waals surface area contributed by atoms with Crippen LogP contribution in [0.1, 0.15) is 35.2 Å². The molecule has 0 radical (unpaired) electrons. The standard InChI is InChI=1S/C28H32N6O3/c1-5-9-24-29-26(25-19(2)31-34(27(25)30-24)21-10-7-6-8-11-21)32-12-14-33(15-13-32)28(35)20-16-22(36-3)18-23(17-20)37-4/h6-8,10-11,16-18H,5,9,12-15H2,1-4H3. The van der Waals surface area contributed by atoms with Gasteiger partial charge in [-0.2, -0.15) is 5.10 Å². The van der Waals surface area contributed by atoms with Crippen molar-refractivity contribution in [3.8, 4) is 17.2 Å². The van der Waals surface area contributed by atoms with Gasteiger partial charge in [0.15, 0.2) is 5.65 Å². The van der Waals surface area contributed by atoms with Gasteiger partial charge in [0.05, 0.1) is 31.0 Å². The summed E-state index contributed by atoms with van der Waals surface area (Å²) in [7, 11) is 3.16. The summed E-state index contributed by atoms with van der Waals surface area (Å²) < 4.78 is 12.6. The van der Waals surface area contributed by atoms with E-state index < -0.39 is 0 Å². The summed E-state index contributed by atoms with van der Waals surface area (Å²) in [5.74, 6) is 2.86. The van der Waals surface area contributed by atoms with Gasteiger partial charge in [-0.25, -0.2) is 14.6 Å². The van der Waals surface area contributed by atoms with E-state index in [0.717, 1.165) is 46.9 Å². The zero-order valence-electron chi connectivity index (χ0n) is 21.8. The molecule has 3 heterocycles. The van der Waals surface area contributed by atoms with E-state index in [1.54, 1.807) is 32.4 Å². The van der Waals surface area contributed by atoms with Crippen molar-refractivity contribution in [1.82, 2.24) is 24.6 Å². The van der Waals surface area contributed by atoms with Crippen molar-refractivity contribution in [1.29, 1.82) is 0 Å². The van der Waals surface area contributed by atoms with Gasteiger partial charge in [0.1, 0.15) is 23.1 Å². The number of benzene rings is 2. The van der Waals surface area contributed by atoms with E-state index in [1.165, 1.54) is 0 Å². The molecule has 0 spiro atoms. The van der Waals surface area contributed by atoms with Crippen molar-refractivity contribution >= 4 is 22.8 Å². The number of hydrogen-bond donors (Lipinski definition) is 0. The molecule has 1 aliphatic rings. The molecule has 0 atom stereocenters. The highest BCUT2D eigenvalue weighted by atomic mass is 16.5. The quantitative estimate of drug-likeness (QED) is 0.378. The van der Waals surface area contributed by atoms with E-state index in [0.29, 0.717) is 43.2 Å². The third-order valence-corrected chi connectivity index (χ3v) is 6.67. The lowest BCUT2D eigenvalue weighted by Gasteiger charge is -2.36. The number of nitrogens with zero attached hydrogens (tertiary/aromatic N) is 6. The summed E-state index contributed by atoms with van der Waals surface area (Å²) in [6.07, 6.45) is 1.74. The Hall–Kier alpha value is -4.14. The fraction of sp³-hybridized carbons (Fsp3) is 0.357. The molecule has 9 nitrogen and oxygen atoms in total. The normalized spacial score (nSPS) is 13.7. The van der Waals surface area contributed by atoms with Crippen LogP contribution in [0.25, 0.3) is 16.7 Å². The number of fused-ring (bicyclic) bond motifs is 1. The van der Waals surface area contributed by atoms with Gasteiger partial charge in [0, 0.05) is 44.2 Å². The van der Waals surface area contributed by atoms with Crippen molar-refractivity contribution < 1.29 is 14.3 Å². The number of carbonyl (C=O) groups is 1. The Kier molecular flexibility index (Phi) is 6.94. The van der Waals surface area contributed by atoms with Gasteiger partial charge < -0.3 is 19.3 Å². The second kappa shape index (κ2) is 10.5. The third-order valence-electron chi connectivity index (χ3n) is 6.67. The third kappa shape index (κ3) is 4.81. The Morgan fingerprint density at radius 3 is 2.24 bits per heavy atom. The maximum absolute atomic E-state index is 13.3. The first kappa shape index (κ1) is 24.5. The predicted molar refractivity (Wildman–Crippen MR) is 143 cm³/mol. The second-order valence-electron chi connectivity index (χ2n) is 9.13. The Labute approximate surface area is 216 Å². The van der Waals surface area contributed by atoms with Gasteiger partial charge in [-0.3, -0.25) is 4.79 Å². The molecule has 0 unspecified atom stereocenters. The van der Waals surface area contributed by atoms with E-state index in [9.17, 15) is 4.79 Å². The van der Waals surface area contributed by atoms with Gasteiger partial charge in [0.2, 0.25) is 0 Å². The molecule has 0 saturated carbocycles. The maximum atomic E-state index is 13.3. The SMILES string of the molecule is CCCc1nc(N2CCN(C(=O)c3cc(OC)cc(OC)c3)CC2)c2c(C)nn(-c3ccccc3)c2n1. The van der Waals surface area contributed by atoms with Gasteiger partial charge in [-0.15, -0.1) is 0 Å². The average Bonchev–Trinajstić information content (AvgIpc) is 3.28. The summed E-state index contributed by atoms with van der Waals surface area (Å²) in [6.45, 7) is 6.63. The number of para-hydroxylation sites is 1. The molecule has 1 saturated heterocycles. The van der Waals surface area contributed by atoms with Crippen molar-refractivity contribution in [2.45, 2.75) is 26.7 Å². The first-order chi connectivity index (χ1) is 18.0. The van der Waals surface area contributed by atoms with Crippen LogP contribution >= 0.6 is 0 Å². The number of aromatic nitrogens is 4. The van der Waals surface area contributed by atoms with Crippen LogP contribution in [-0.2, 0) is 6.42 Å². The molecular weight excluding hydrogens is 468 g/mol. The summed E-state index contributed by atoms with van der Waals surface area (Å²) >= 11 is 0. The minimum atomic E-state index is -0.0376. The Morgan fingerprint density at radius 1 is 0.946 bits per heavy atom. The van der Waals surface area contributed by atoms with E-state index in [-0.39, 0.29) is 5.91 Å². The Morgan fingerprint density at radius 2 is 1.62 bits per heavy atom. The zero-order valence-corrected chi connectivity index (χ0v) is 21.8. The maximum Gasteiger partial charge on any atom is 0.254 e. The van der Waals surface area contributed by atoms with E-state index >= 15 is 0 Å². The van der Waals surface area contributed by atoms with Crippen molar-refractivity contribution in [3.05, 3.63) is 65.6 Å². The smallest absolute Gasteiger partial charge is 0.254 e. The first-order valence-electron chi connectivity index (χ1n) is 12.6. The van der Waals surface area contributed by atoms with Crippen LogP contribution in [0.5, 0.6) is 11.5 Å². The van der Waals surface area contributed by atoms with Crippen LogP contribution in [0.2, 0.25) is 0 Å². The topological polar surface area (TPSA) is 85.6 Å². The molecule has 0 N–H and O–H groups in total. The molecule has 2 aromatic heterocycles. The van der Waals surface area contributed by atoms with Crippen LogP contribution in [0, 0.1) is 6.92 Å². The van der Waals surface area contributed by atoms with Crippen molar-refractivity contribution in [2.75, 3.05) is 45.3 Å². The van der Waals surface area contributed by atoms with Crippen molar-refractivity contribution in [2.24, 2.45) is 0 Å². The summed E-state index contributed by atoms with van der Waals surface area (Å²) in [6, 6.07) is 15.3. The summed E-state index contributed by atoms with van der Waals surface area (Å²) in [5.41, 5.74) is 3.23. The van der Waals surface area contributed by atoms with Crippen LogP contribution in [0.3, 0.4) is 0 Å². The average molecular weight is 501 g/mol. The number of ether oxygens (including phenoxy) is 2. The Balaban J connectivity index is 1.44. The zero-order chi connectivity index (χ0) is 25.9. The monoisotopic (exact) mass is 500 g/mol. The number of piperazine rings is 1. The Bertz CT molecular complexity index is 1390. The number of methoxy groups -OCH3 is 2. The van der Waals surface area contributed by atoms with E-state index in [2.05, 4.69) is 11.8 Å². The lowest BCUT2D eigenvalue weighted by atomic mass is 10.1. The molecule has 5 rings (SSSR count). The molecule has 0 bridgehead atoms. The van der Waals surface area contributed by atoms with E-state index in [1.807, 2.05) is 46.8 Å². The number of anilines is 1. The molecule has 37 heavy (non-hydrogen) atoms. The lowest BCUT2D eigenvalue weighted by Crippen LogP contribution is -2.49.